The first kappa shape index (κ1) is 19.4. The summed E-state index contributed by atoms with van der Waals surface area (Å²) in [6.07, 6.45) is 5.47. The molecule has 4 heteroatoms. The first-order valence-electron chi connectivity index (χ1n) is 10.6. The van der Waals surface area contributed by atoms with E-state index in [0.717, 1.165) is 49.4 Å². The Balaban J connectivity index is 1.36. The fourth-order valence-electron chi connectivity index (χ4n) is 4.19. The van der Waals surface area contributed by atoms with E-state index in [9.17, 15) is 5.11 Å². The molecule has 1 saturated heterocycles. The van der Waals surface area contributed by atoms with Crippen molar-refractivity contribution in [2.75, 3.05) is 33.2 Å². The van der Waals surface area contributed by atoms with E-state index in [1.165, 1.54) is 31.2 Å². The Labute approximate surface area is 168 Å². The smallest absolute Gasteiger partial charge is 0.120 e. The molecular formula is C24H32N2O2. The zero-order chi connectivity index (χ0) is 19.3. The highest BCUT2D eigenvalue weighted by atomic mass is 16.5. The number of nitrogens with zero attached hydrogens (tertiary/aromatic N) is 2. The van der Waals surface area contributed by atoms with Gasteiger partial charge in [0, 0.05) is 38.3 Å². The second-order valence-electron chi connectivity index (χ2n) is 8.34. The molecule has 2 aromatic rings. The molecule has 1 saturated carbocycles. The second kappa shape index (κ2) is 9.08. The number of phenolic OH excluding ortho intramolecular Hbond substituents is 1. The molecule has 0 spiro atoms. The third kappa shape index (κ3) is 4.93. The molecule has 0 amide bonds. The summed E-state index contributed by atoms with van der Waals surface area (Å²) in [6.45, 7) is 5.81. The zero-order valence-electron chi connectivity index (χ0n) is 16.9. The zero-order valence-corrected chi connectivity index (χ0v) is 16.9. The molecular weight excluding hydrogens is 348 g/mol. The average Bonchev–Trinajstić information content (AvgIpc) is 3.24. The summed E-state index contributed by atoms with van der Waals surface area (Å²) in [6, 6.07) is 14.6. The Morgan fingerprint density at radius 3 is 2.29 bits per heavy atom. The Kier molecular flexibility index (Phi) is 6.30. The maximum absolute atomic E-state index is 10.5. The number of phenols is 1. The fraction of sp³-hybridized carbons (Fsp3) is 0.500. The van der Waals surface area contributed by atoms with Crippen molar-refractivity contribution in [3.8, 4) is 16.9 Å². The van der Waals surface area contributed by atoms with Crippen LogP contribution < -0.4 is 0 Å². The van der Waals surface area contributed by atoms with Crippen LogP contribution in [0.4, 0.5) is 0 Å². The van der Waals surface area contributed by atoms with Gasteiger partial charge in [-0.2, -0.15) is 0 Å². The lowest BCUT2D eigenvalue weighted by molar-refractivity contribution is 0.0457. The maximum atomic E-state index is 10.5. The molecule has 0 unspecified atom stereocenters. The third-order valence-electron chi connectivity index (χ3n) is 6.15. The SMILES string of the molecule is CN1CCN(Cc2ccc(-c3ccc(COC4CCCC4)cc3)cc2O)CC1. The number of piperazine rings is 1. The van der Waals surface area contributed by atoms with Crippen molar-refractivity contribution in [2.24, 2.45) is 0 Å². The van der Waals surface area contributed by atoms with Gasteiger partial charge in [0.05, 0.1) is 12.7 Å². The van der Waals surface area contributed by atoms with Gasteiger partial charge in [0.25, 0.3) is 0 Å². The van der Waals surface area contributed by atoms with Crippen LogP contribution in [0.3, 0.4) is 0 Å². The highest BCUT2D eigenvalue weighted by Gasteiger charge is 2.16. The van der Waals surface area contributed by atoms with Gasteiger partial charge in [-0.25, -0.2) is 0 Å². The van der Waals surface area contributed by atoms with Gasteiger partial charge in [0.2, 0.25) is 0 Å². The van der Waals surface area contributed by atoms with Crippen molar-refractivity contribution in [3.05, 3.63) is 53.6 Å². The lowest BCUT2D eigenvalue weighted by Gasteiger charge is -2.32. The summed E-state index contributed by atoms with van der Waals surface area (Å²) < 4.78 is 6.00. The predicted molar refractivity (Wildman–Crippen MR) is 113 cm³/mol. The number of benzene rings is 2. The molecule has 2 fully saturated rings. The van der Waals surface area contributed by atoms with E-state index in [0.29, 0.717) is 18.5 Å². The minimum atomic E-state index is 0.394. The highest BCUT2D eigenvalue weighted by molar-refractivity contribution is 5.66. The fourth-order valence-corrected chi connectivity index (χ4v) is 4.19. The molecule has 28 heavy (non-hydrogen) atoms. The van der Waals surface area contributed by atoms with Crippen molar-refractivity contribution < 1.29 is 9.84 Å². The van der Waals surface area contributed by atoms with Crippen LogP contribution in [0.5, 0.6) is 5.75 Å². The maximum Gasteiger partial charge on any atom is 0.120 e. The van der Waals surface area contributed by atoms with Crippen LogP contribution in [-0.2, 0) is 17.9 Å². The van der Waals surface area contributed by atoms with Gasteiger partial charge in [-0.1, -0.05) is 49.2 Å². The summed E-state index contributed by atoms with van der Waals surface area (Å²) in [4.78, 5) is 4.76. The molecule has 150 valence electrons. The number of hydrogen-bond acceptors (Lipinski definition) is 4. The number of hydrogen-bond donors (Lipinski definition) is 1. The molecule has 0 atom stereocenters. The third-order valence-corrected chi connectivity index (χ3v) is 6.15. The Morgan fingerprint density at radius 1 is 0.929 bits per heavy atom. The topological polar surface area (TPSA) is 35.9 Å². The van der Waals surface area contributed by atoms with Crippen LogP contribution in [0.15, 0.2) is 42.5 Å². The number of rotatable bonds is 6. The van der Waals surface area contributed by atoms with Crippen LogP contribution >= 0.6 is 0 Å². The summed E-state index contributed by atoms with van der Waals surface area (Å²) in [5.74, 6) is 0.394. The van der Waals surface area contributed by atoms with E-state index in [2.05, 4.69) is 53.2 Å². The molecule has 0 bridgehead atoms. The second-order valence-corrected chi connectivity index (χ2v) is 8.34. The van der Waals surface area contributed by atoms with Crippen LogP contribution in [0.25, 0.3) is 11.1 Å². The largest absolute Gasteiger partial charge is 0.508 e. The van der Waals surface area contributed by atoms with Crippen LogP contribution in [-0.4, -0.2) is 54.2 Å². The van der Waals surface area contributed by atoms with Crippen molar-refractivity contribution in [1.29, 1.82) is 0 Å². The first-order valence-corrected chi connectivity index (χ1v) is 10.6. The summed E-state index contributed by atoms with van der Waals surface area (Å²) in [5.41, 5.74) is 4.41. The van der Waals surface area contributed by atoms with Crippen molar-refractivity contribution in [3.63, 3.8) is 0 Å². The lowest BCUT2D eigenvalue weighted by atomic mass is 10.0. The van der Waals surface area contributed by atoms with Crippen molar-refractivity contribution in [2.45, 2.75) is 44.9 Å². The number of likely N-dealkylation sites (N-methyl/N-ethyl adjacent to an activating group) is 1. The monoisotopic (exact) mass is 380 g/mol. The van der Waals surface area contributed by atoms with E-state index >= 15 is 0 Å². The number of aromatic hydroxyl groups is 1. The van der Waals surface area contributed by atoms with Gasteiger partial charge in [-0.15, -0.1) is 0 Å². The van der Waals surface area contributed by atoms with Gasteiger partial charge < -0.3 is 14.7 Å². The van der Waals surface area contributed by atoms with Gasteiger partial charge >= 0.3 is 0 Å². The normalized spacial score (nSPS) is 19.3. The number of ether oxygens (including phenoxy) is 1. The van der Waals surface area contributed by atoms with Crippen molar-refractivity contribution in [1.82, 2.24) is 9.80 Å². The van der Waals surface area contributed by atoms with E-state index in [1.807, 2.05) is 6.07 Å². The minimum Gasteiger partial charge on any atom is -0.508 e. The summed E-state index contributed by atoms with van der Waals surface area (Å²) in [5, 5.41) is 10.5. The predicted octanol–water partition coefficient (Wildman–Crippen LogP) is 4.27. The van der Waals surface area contributed by atoms with Crippen LogP contribution in [0.1, 0.15) is 36.8 Å². The summed E-state index contributed by atoms with van der Waals surface area (Å²) >= 11 is 0. The molecule has 1 heterocycles. The Morgan fingerprint density at radius 2 is 1.61 bits per heavy atom. The molecule has 0 aromatic heterocycles. The standard InChI is InChI=1S/C24H32N2O2/c1-25-12-14-26(15-13-25)17-22-11-10-21(16-24(22)27)20-8-6-19(7-9-20)18-28-23-4-2-3-5-23/h6-11,16,23,27H,2-5,12-15,17-18H2,1H3. The quantitative estimate of drug-likeness (QED) is 0.812. The Bertz CT molecular complexity index is 761. The molecule has 2 aromatic carbocycles. The first-order chi connectivity index (χ1) is 13.7. The van der Waals surface area contributed by atoms with Crippen LogP contribution in [0.2, 0.25) is 0 Å². The molecule has 2 aliphatic rings. The van der Waals surface area contributed by atoms with Crippen molar-refractivity contribution >= 4 is 0 Å². The summed E-state index contributed by atoms with van der Waals surface area (Å²) in [7, 11) is 2.16. The molecule has 0 radical (unpaired) electrons. The lowest BCUT2D eigenvalue weighted by Crippen LogP contribution is -2.43. The van der Waals surface area contributed by atoms with Crippen LogP contribution in [0, 0.1) is 0 Å². The molecule has 4 rings (SSSR count). The van der Waals surface area contributed by atoms with E-state index in [4.69, 9.17) is 4.74 Å². The average molecular weight is 381 g/mol. The molecule has 1 aliphatic heterocycles. The minimum absolute atomic E-state index is 0.394. The molecule has 1 N–H and O–H groups in total. The van der Waals surface area contributed by atoms with Gasteiger partial charge in [0.15, 0.2) is 0 Å². The molecule has 1 aliphatic carbocycles. The van der Waals surface area contributed by atoms with Gasteiger partial charge in [-0.05, 0) is 42.6 Å². The van der Waals surface area contributed by atoms with Gasteiger partial charge in [-0.3, -0.25) is 4.90 Å². The van der Waals surface area contributed by atoms with E-state index < -0.39 is 0 Å². The van der Waals surface area contributed by atoms with Gasteiger partial charge in [0.1, 0.15) is 5.75 Å². The Hall–Kier alpha value is -1.88. The van der Waals surface area contributed by atoms with E-state index in [-0.39, 0.29) is 0 Å². The van der Waals surface area contributed by atoms with E-state index in [1.54, 1.807) is 0 Å². The molecule has 4 nitrogen and oxygen atoms in total. The highest BCUT2D eigenvalue weighted by Crippen LogP contribution is 2.28.